The van der Waals surface area contributed by atoms with Gasteiger partial charge in [0.15, 0.2) is 11.6 Å². The van der Waals surface area contributed by atoms with E-state index in [1.807, 2.05) is 0 Å². The fourth-order valence-corrected chi connectivity index (χ4v) is 1.82. The molecule has 1 aliphatic rings. The summed E-state index contributed by atoms with van der Waals surface area (Å²) in [5, 5.41) is 0. The lowest BCUT2D eigenvalue weighted by atomic mass is 10.1. The lowest BCUT2D eigenvalue weighted by Gasteiger charge is -2.11. The molecule has 0 amide bonds. The number of amidine groups is 1. The van der Waals surface area contributed by atoms with Crippen molar-refractivity contribution < 1.29 is 27.0 Å². The number of ether oxygens (including phenoxy) is 2. The summed E-state index contributed by atoms with van der Waals surface area (Å²) in [7, 11) is 0. The van der Waals surface area contributed by atoms with Crippen LogP contribution in [-0.4, -0.2) is 25.0 Å². The predicted molar refractivity (Wildman–Crippen MR) is 62.8 cm³/mol. The summed E-state index contributed by atoms with van der Waals surface area (Å²) in [6.07, 6.45) is -3.96. The molecule has 1 aromatic rings. The minimum atomic E-state index is -4.92. The van der Waals surface area contributed by atoms with E-state index in [4.69, 9.17) is 10.5 Å². The first kappa shape index (κ1) is 14.4. The van der Waals surface area contributed by atoms with Crippen LogP contribution in [0.4, 0.5) is 17.6 Å². The molecule has 1 heterocycles. The number of halogens is 4. The maximum Gasteiger partial charge on any atom is 0.573 e. The Morgan fingerprint density at radius 3 is 2.75 bits per heavy atom. The zero-order valence-corrected chi connectivity index (χ0v) is 10.3. The topological polar surface area (TPSA) is 56.8 Å². The van der Waals surface area contributed by atoms with Gasteiger partial charge in [-0.1, -0.05) is 6.07 Å². The number of alkyl halides is 3. The van der Waals surface area contributed by atoms with E-state index >= 15 is 0 Å². The molecule has 0 aliphatic carbocycles. The van der Waals surface area contributed by atoms with Gasteiger partial charge in [0.25, 0.3) is 6.02 Å². The Kier molecular flexibility index (Phi) is 4.01. The van der Waals surface area contributed by atoms with E-state index in [0.29, 0.717) is 25.0 Å². The van der Waals surface area contributed by atoms with Gasteiger partial charge in [-0.15, -0.1) is 13.2 Å². The minimum Gasteiger partial charge on any atom is -0.463 e. The molecule has 0 radical (unpaired) electrons. The average Bonchev–Trinajstić information content (AvgIpc) is 2.74. The quantitative estimate of drug-likeness (QED) is 0.867. The Labute approximate surface area is 112 Å². The number of aryl methyl sites for hydroxylation is 1. The highest BCUT2D eigenvalue weighted by Gasteiger charge is 2.32. The van der Waals surface area contributed by atoms with Gasteiger partial charge >= 0.3 is 6.36 Å². The van der Waals surface area contributed by atoms with Crippen molar-refractivity contribution in [3.05, 3.63) is 29.6 Å². The van der Waals surface area contributed by atoms with Crippen molar-refractivity contribution in [2.75, 3.05) is 6.61 Å². The first-order valence-electron chi connectivity index (χ1n) is 5.84. The van der Waals surface area contributed by atoms with Gasteiger partial charge in [0, 0.05) is 0 Å². The monoisotopic (exact) mass is 292 g/mol. The second-order valence-corrected chi connectivity index (χ2v) is 4.28. The molecule has 110 valence electrons. The van der Waals surface area contributed by atoms with E-state index in [0.717, 1.165) is 12.1 Å². The molecule has 8 heteroatoms. The van der Waals surface area contributed by atoms with Crippen molar-refractivity contribution in [3.63, 3.8) is 0 Å². The Hall–Kier alpha value is -1.99. The molecule has 1 aromatic carbocycles. The molecule has 1 atom stereocenters. The molecule has 0 saturated carbocycles. The number of nitrogens with two attached hydrogens (primary N) is 1. The van der Waals surface area contributed by atoms with E-state index in [2.05, 4.69) is 9.73 Å². The zero-order valence-electron chi connectivity index (χ0n) is 10.3. The highest BCUT2D eigenvalue weighted by atomic mass is 19.4. The van der Waals surface area contributed by atoms with Crippen LogP contribution in [0.25, 0.3) is 0 Å². The normalized spacial score (nSPS) is 18.6. The van der Waals surface area contributed by atoms with Gasteiger partial charge in [0.1, 0.15) is 6.61 Å². The highest BCUT2D eigenvalue weighted by molar-refractivity contribution is 5.72. The summed E-state index contributed by atoms with van der Waals surface area (Å²) < 4.78 is 58.1. The Morgan fingerprint density at radius 1 is 1.40 bits per heavy atom. The van der Waals surface area contributed by atoms with Gasteiger partial charge in [-0.05, 0) is 30.5 Å². The van der Waals surface area contributed by atoms with E-state index in [1.165, 1.54) is 6.07 Å². The third-order valence-corrected chi connectivity index (χ3v) is 2.72. The Balaban J connectivity index is 2.00. The first-order chi connectivity index (χ1) is 9.33. The molecule has 0 spiro atoms. The van der Waals surface area contributed by atoms with Crippen LogP contribution in [-0.2, 0) is 11.2 Å². The smallest absolute Gasteiger partial charge is 0.463 e. The minimum absolute atomic E-state index is 0.107. The predicted octanol–water partition coefficient (Wildman–Crippen LogP) is 2.37. The van der Waals surface area contributed by atoms with Crippen molar-refractivity contribution in [1.82, 2.24) is 0 Å². The van der Waals surface area contributed by atoms with Crippen molar-refractivity contribution >= 4 is 6.02 Å². The van der Waals surface area contributed by atoms with Crippen LogP contribution in [0, 0.1) is 5.82 Å². The lowest BCUT2D eigenvalue weighted by Crippen LogP contribution is -2.18. The highest BCUT2D eigenvalue weighted by Crippen LogP contribution is 2.27. The third kappa shape index (κ3) is 4.01. The summed E-state index contributed by atoms with van der Waals surface area (Å²) in [5.41, 5.74) is 5.86. The van der Waals surface area contributed by atoms with Crippen LogP contribution in [0.5, 0.6) is 5.75 Å². The van der Waals surface area contributed by atoms with Crippen LogP contribution in [0.3, 0.4) is 0 Å². The number of hydrogen-bond donors (Lipinski definition) is 1. The first-order valence-corrected chi connectivity index (χ1v) is 5.84. The number of hydrogen-bond acceptors (Lipinski definition) is 4. The maximum atomic E-state index is 13.2. The molecule has 2 rings (SSSR count). The van der Waals surface area contributed by atoms with E-state index < -0.39 is 17.9 Å². The molecular weight excluding hydrogens is 280 g/mol. The van der Waals surface area contributed by atoms with Crippen molar-refractivity contribution in [1.29, 1.82) is 0 Å². The fraction of sp³-hybridized carbons (Fsp3) is 0.417. The van der Waals surface area contributed by atoms with Gasteiger partial charge in [0.2, 0.25) is 0 Å². The number of nitrogens with zero attached hydrogens (tertiary/aromatic N) is 1. The average molecular weight is 292 g/mol. The van der Waals surface area contributed by atoms with Gasteiger partial charge in [-0.2, -0.15) is 0 Å². The number of rotatable bonds is 4. The summed E-state index contributed by atoms with van der Waals surface area (Å²) in [4.78, 5) is 3.99. The molecule has 20 heavy (non-hydrogen) atoms. The zero-order chi connectivity index (χ0) is 14.8. The third-order valence-electron chi connectivity index (χ3n) is 2.72. The van der Waals surface area contributed by atoms with Gasteiger partial charge in [0.05, 0.1) is 6.04 Å². The summed E-state index contributed by atoms with van der Waals surface area (Å²) in [5.74, 6) is -1.89. The van der Waals surface area contributed by atoms with Gasteiger partial charge < -0.3 is 15.2 Å². The summed E-state index contributed by atoms with van der Waals surface area (Å²) >= 11 is 0. The molecule has 2 N–H and O–H groups in total. The molecular formula is C12H12F4N2O2. The largest absolute Gasteiger partial charge is 0.573 e. The molecule has 1 aliphatic heterocycles. The van der Waals surface area contributed by atoms with Gasteiger partial charge in [-0.25, -0.2) is 9.38 Å². The molecule has 0 fully saturated rings. The van der Waals surface area contributed by atoms with Crippen LogP contribution >= 0.6 is 0 Å². The summed E-state index contributed by atoms with van der Waals surface area (Å²) in [6, 6.07) is 3.36. The Bertz CT molecular complexity index is 517. The second-order valence-electron chi connectivity index (χ2n) is 4.28. The van der Waals surface area contributed by atoms with Crippen LogP contribution < -0.4 is 10.5 Å². The molecule has 4 nitrogen and oxygen atoms in total. The van der Waals surface area contributed by atoms with E-state index in [1.54, 1.807) is 0 Å². The van der Waals surface area contributed by atoms with Crippen molar-refractivity contribution in [2.45, 2.75) is 25.2 Å². The Morgan fingerprint density at radius 2 is 2.15 bits per heavy atom. The standard InChI is InChI=1S/C12H12F4N2O2/c13-9-4-2-7(5-10(9)20-12(14,15)16)1-3-8-6-19-11(17)18-8/h2,4-5,8H,1,3,6H2,(H2,17,18)/t8-/m0/s1. The second kappa shape index (κ2) is 5.56. The molecule has 0 bridgehead atoms. The SMILES string of the molecule is NC1=N[C@@H](CCc2ccc(F)c(OC(F)(F)F)c2)CO1. The van der Waals surface area contributed by atoms with Crippen molar-refractivity contribution in [2.24, 2.45) is 10.7 Å². The van der Waals surface area contributed by atoms with Crippen molar-refractivity contribution in [3.8, 4) is 5.75 Å². The van der Waals surface area contributed by atoms with E-state index in [-0.39, 0.29) is 12.1 Å². The molecule has 0 saturated heterocycles. The fourth-order valence-electron chi connectivity index (χ4n) is 1.82. The van der Waals surface area contributed by atoms with Crippen LogP contribution in [0.15, 0.2) is 23.2 Å². The van der Waals surface area contributed by atoms with Crippen LogP contribution in [0.1, 0.15) is 12.0 Å². The maximum absolute atomic E-state index is 13.2. The lowest BCUT2D eigenvalue weighted by molar-refractivity contribution is -0.275. The molecule has 0 aromatic heterocycles. The number of aliphatic imine (C=N–C) groups is 1. The number of benzene rings is 1. The molecule has 0 unspecified atom stereocenters. The van der Waals surface area contributed by atoms with Crippen LogP contribution in [0.2, 0.25) is 0 Å². The van der Waals surface area contributed by atoms with Gasteiger partial charge in [-0.3, -0.25) is 0 Å². The summed E-state index contributed by atoms with van der Waals surface area (Å²) in [6.45, 7) is 0.346. The van der Waals surface area contributed by atoms with E-state index in [9.17, 15) is 17.6 Å².